The van der Waals surface area contributed by atoms with Crippen LogP contribution in [0.25, 0.3) is 0 Å². The molecule has 0 amide bonds. The largest absolute Gasteiger partial charge is 0.245 e. The van der Waals surface area contributed by atoms with Crippen LogP contribution in [0, 0.1) is 5.82 Å². The summed E-state index contributed by atoms with van der Waals surface area (Å²) in [6, 6.07) is 3.90. The van der Waals surface area contributed by atoms with Gasteiger partial charge in [0.2, 0.25) is 21.6 Å². The Kier molecular flexibility index (Phi) is 5.82. The van der Waals surface area contributed by atoms with Gasteiger partial charge >= 0.3 is 0 Å². The van der Waals surface area contributed by atoms with Gasteiger partial charge in [0.05, 0.1) is 0 Å². The van der Waals surface area contributed by atoms with Crippen molar-refractivity contribution in [1.29, 1.82) is 0 Å². The van der Waals surface area contributed by atoms with Crippen molar-refractivity contribution in [3.63, 3.8) is 0 Å². The van der Waals surface area contributed by atoms with Crippen LogP contribution in [0.15, 0.2) is 27.6 Å². The Balaban J connectivity index is 1.41. The normalized spacial score (nSPS) is 25.6. The molecule has 10 heteroatoms. The minimum absolute atomic E-state index is 0.109. The summed E-state index contributed by atoms with van der Waals surface area (Å²) in [5.74, 6) is -2.80. The Morgan fingerprint density at radius 3 is 1.96 bits per heavy atom. The number of hydrogen-bond acceptors (Lipinski definition) is 6. The molecule has 4 rings (SSSR count). The average molecular weight is 480 g/mol. The maximum Gasteiger partial charge on any atom is 0.245 e. The monoisotopic (exact) mass is 479 g/mol. The molecule has 0 bridgehead atoms. The number of sulfonamides is 1. The molecule has 0 unspecified atom stereocenters. The molecular weight excluding hydrogens is 457 g/mol. The van der Waals surface area contributed by atoms with Crippen LogP contribution < -0.4 is 0 Å². The number of hydrogen-bond donors (Lipinski definition) is 0. The molecule has 2 saturated heterocycles. The van der Waals surface area contributed by atoms with Gasteiger partial charge in [-0.15, -0.1) is 0 Å². The minimum atomic E-state index is -3.95. The zero-order valence-corrected chi connectivity index (χ0v) is 17.8. The molecule has 2 heterocycles. The van der Waals surface area contributed by atoms with Gasteiger partial charge in [-0.25, -0.2) is 12.8 Å². The molecule has 1 saturated carbocycles. The Morgan fingerprint density at radius 1 is 0.893 bits per heavy atom. The first-order valence-corrected chi connectivity index (χ1v) is 11.8. The highest BCUT2D eigenvalue weighted by Crippen LogP contribution is 2.42. The first-order valence-electron chi connectivity index (χ1n) is 9.53. The van der Waals surface area contributed by atoms with E-state index in [2.05, 4.69) is 15.9 Å². The van der Waals surface area contributed by atoms with Crippen LogP contribution in [0.3, 0.4) is 0 Å². The molecule has 28 heavy (non-hydrogen) atoms. The smallest absolute Gasteiger partial charge is 0.207 e. The highest BCUT2D eigenvalue weighted by atomic mass is 79.9. The topological polar surface area (TPSA) is 74.3 Å². The third-order valence-electron chi connectivity index (χ3n) is 5.55. The van der Waals surface area contributed by atoms with Crippen molar-refractivity contribution in [1.82, 2.24) is 4.31 Å². The molecule has 1 aliphatic carbocycles. The molecule has 2 aliphatic heterocycles. The lowest BCUT2D eigenvalue weighted by atomic mass is 10.1. The second-order valence-electron chi connectivity index (χ2n) is 7.55. The van der Waals surface area contributed by atoms with Crippen LogP contribution in [0.5, 0.6) is 0 Å². The van der Waals surface area contributed by atoms with Gasteiger partial charge in [-0.05, 0) is 31.0 Å². The van der Waals surface area contributed by atoms with E-state index in [-0.39, 0.29) is 30.8 Å². The summed E-state index contributed by atoms with van der Waals surface area (Å²) in [5.41, 5.74) is 0. The Hall–Kier alpha value is -0.620. The fourth-order valence-electron chi connectivity index (χ4n) is 3.82. The second kappa shape index (κ2) is 7.90. The summed E-state index contributed by atoms with van der Waals surface area (Å²) in [4.78, 5) is 22.2. The van der Waals surface area contributed by atoms with E-state index in [0.717, 1.165) is 31.7 Å². The van der Waals surface area contributed by atoms with Crippen LogP contribution in [-0.4, -0.2) is 37.4 Å². The molecule has 2 spiro atoms. The molecule has 7 nitrogen and oxygen atoms in total. The van der Waals surface area contributed by atoms with Gasteiger partial charge < -0.3 is 0 Å². The quantitative estimate of drug-likeness (QED) is 0.596. The first-order chi connectivity index (χ1) is 13.3. The summed E-state index contributed by atoms with van der Waals surface area (Å²) >= 11 is 3.13. The third-order valence-corrected chi connectivity index (χ3v) is 7.98. The maximum atomic E-state index is 14.2. The van der Waals surface area contributed by atoms with Gasteiger partial charge in [0.25, 0.3) is 0 Å². The molecule has 1 aromatic carbocycles. The van der Waals surface area contributed by atoms with Crippen LogP contribution in [-0.2, 0) is 29.6 Å². The van der Waals surface area contributed by atoms with E-state index in [1.165, 1.54) is 16.4 Å². The lowest BCUT2D eigenvalue weighted by Gasteiger charge is -2.45. The highest BCUT2D eigenvalue weighted by Gasteiger charge is 2.51. The predicted octanol–water partition coefficient (Wildman–Crippen LogP) is 4.03. The van der Waals surface area contributed by atoms with Crippen LogP contribution in [0.1, 0.15) is 51.4 Å². The SMILES string of the molecule is O=S(=O)(c1ccc(Br)cc1F)N1CCC2(CC1)OOC1(CCCCCC1)OO2. The minimum Gasteiger partial charge on any atom is -0.207 e. The fourth-order valence-corrected chi connectivity index (χ4v) is 5.64. The van der Waals surface area contributed by atoms with Crippen molar-refractivity contribution in [3.05, 3.63) is 28.5 Å². The van der Waals surface area contributed by atoms with E-state index in [4.69, 9.17) is 19.6 Å². The molecule has 3 aliphatic rings. The van der Waals surface area contributed by atoms with Gasteiger partial charge in [-0.1, -0.05) is 28.8 Å². The van der Waals surface area contributed by atoms with E-state index in [9.17, 15) is 12.8 Å². The van der Waals surface area contributed by atoms with Crippen LogP contribution >= 0.6 is 15.9 Å². The predicted molar refractivity (Wildman–Crippen MR) is 99.6 cm³/mol. The first kappa shape index (κ1) is 20.6. The summed E-state index contributed by atoms with van der Waals surface area (Å²) < 4.78 is 41.5. The molecule has 3 fully saturated rings. The lowest BCUT2D eigenvalue weighted by Crippen LogP contribution is -2.55. The zero-order valence-electron chi connectivity index (χ0n) is 15.4. The lowest BCUT2D eigenvalue weighted by molar-refractivity contribution is -0.661. The number of halogens is 2. The van der Waals surface area contributed by atoms with Crippen molar-refractivity contribution in [2.45, 2.75) is 67.8 Å². The van der Waals surface area contributed by atoms with Crippen LogP contribution in [0.2, 0.25) is 0 Å². The summed E-state index contributed by atoms with van der Waals surface area (Å²) in [7, 11) is -3.95. The molecule has 0 atom stereocenters. The summed E-state index contributed by atoms with van der Waals surface area (Å²) in [6.07, 6.45) is 6.05. The van der Waals surface area contributed by atoms with E-state index in [0.29, 0.717) is 17.3 Å². The molecular formula is C18H23BrFNO6S. The van der Waals surface area contributed by atoms with Gasteiger partial charge in [0.15, 0.2) is 0 Å². The van der Waals surface area contributed by atoms with E-state index >= 15 is 0 Å². The van der Waals surface area contributed by atoms with Gasteiger partial charge in [0.1, 0.15) is 10.7 Å². The zero-order chi connectivity index (χ0) is 19.8. The van der Waals surface area contributed by atoms with Crippen molar-refractivity contribution in [2.24, 2.45) is 0 Å². The van der Waals surface area contributed by atoms with Crippen molar-refractivity contribution >= 4 is 26.0 Å². The second-order valence-corrected chi connectivity index (χ2v) is 10.4. The molecule has 0 N–H and O–H groups in total. The standard InChI is InChI=1S/C18H23BrFNO6S/c19-14-5-6-16(15(20)13-14)28(22,23)21-11-9-18(10-12-21)26-24-17(25-27-18)7-3-1-2-4-8-17/h5-6,13H,1-4,7-12H2. The fraction of sp³-hybridized carbons (Fsp3) is 0.667. The van der Waals surface area contributed by atoms with Crippen molar-refractivity contribution in [2.75, 3.05) is 13.1 Å². The number of piperidine rings is 1. The van der Waals surface area contributed by atoms with Gasteiger partial charge in [0, 0.05) is 43.2 Å². The molecule has 0 aromatic heterocycles. The molecule has 0 radical (unpaired) electrons. The van der Waals surface area contributed by atoms with E-state index in [1.807, 2.05) is 0 Å². The Morgan fingerprint density at radius 2 is 1.43 bits per heavy atom. The number of benzene rings is 1. The van der Waals surface area contributed by atoms with Gasteiger partial charge in [-0.2, -0.15) is 23.9 Å². The highest BCUT2D eigenvalue weighted by molar-refractivity contribution is 9.10. The summed E-state index contributed by atoms with van der Waals surface area (Å²) in [5, 5.41) is 0. The Labute approximate surface area is 172 Å². The number of nitrogens with zero attached hydrogens (tertiary/aromatic N) is 1. The molecule has 156 valence electrons. The summed E-state index contributed by atoms with van der Waals surface area (Å²) in [6.45, 7) is 0.217. The van der Waals surface area contributed by atoms with Crippen LogP contribution in [0.4, 0.5) is 4.39 Å². The van der Waals surface area contributed by atoms with Gasteiger partial charge in [-0.3, -0.25) is 0 Å². The van der Waals surface area contributed by atoms with E-state index in [1.54, 1.807) is 0 Å². The molecule has 1 aromatic rings. The van der Waals surface area contributed by atoms with Crippen molar-refractivity contribution in [3.8, 4) is 0 Å². The average Bonchev–Trinajstić information content (AvgIpc) is 2.91. The van der Waals surface area contributed by atoms with Crippen molar-refractivity contribution < 1.29 is 32.4 Å². The Bertz CT molecular complexity index is 807. The maximum absolute atomic E-state index is 14.2. The number of rotatable bonds is 2. The van der Waals surface area contributed by atoms with E-state index < -0.39 is 27.4 Å². The third kappa shape index (κ3) is 4.00.